The molecule has 2 atom stereocenters. The second kappa shape index (κ2) is 8.61. The molecule has 1 aliphatic rings. The Hall–Kier alpha value is -2.28. The van der Waals surface area contributed by atoms with E-state index in [1.54, 1.807) is 38.8 Å². The van der Waals surface area contributed by atoms with E-state index in [1.807, 2.05) is 19.1 Å². The average molecular weight is 378 g/mol. The second-order valence-corrected chi connectivity index (χ2v) is 7.79. The van der Waals surface area contributed by atoms with Crippen molar-refractivity contribution in [3.63, 3.8) is 0 Å². The average Bonchev–Trinajstić information content (AvgIpc) is 2.93. The molecule has 2 rings (SSSR count). The van der Waals surface area contributed by atoms with E-state index in [0.29, 0.717) is 19.4 Å². The number of ether oxygens (including phenoxy) is 2. The van der Waals surface area contributed by atoms with E-state index in [0.717, 1.165) is 16.9 Å². The number of hydrogen-bond donors (Lipinski definition) is 2. The van der Waals surface area contributed by atoms with Gasteiger partial charge in [-0.15, -0.1) is 0 Å². The van der Waals surface area contributed by atoms with Gasteiger partial charge in [0.2, 0.25) is 5.91 Å². The number of aryl methyl sites for hydroxylation is 1. The first-order chi connectivity index (χ1) is 12.6. The minimum Gasteiger partial charge on any atom is -0.497 e. The molecule has 1 unspecified atom stereocenters. The van der Waals surface area contributed by atoms with E-state index < -0.39 is 17.8 Å². The molecule has 2 amide bonds. The number of likely N-dealkylation sites (tertiary alicyclic amines) is 1. The first-order valence-electron chi connectivity index (χ1n) is 9.21. The standard InChI is InChI=1S/C20H30N2O5/c1-13-12-14(26-5)6-7-15(13)18(24)16-8-9-17(23)22(16)11-10-21-19(25)27-20(2,3)4/h6-7,12,16,18,24H,8-11H2,1-5H3,(H,21,25)/t16-,18?/m0/s1. The summed E-state index contributed by atoms with van der Waals surface area (Å²) in [5.74, 6) is 0.709. The van der Waals surface area contributed by atoms with Crippen molar-refractivity contribution in [2.75, 3.05) is 20.2 Å². The number of nitrogens with one attached hydrogen (secondary N) is 1. The van der Waals surface area contributed by atoms with Gasteiger partial charge in [0.05, 0.1) is 19.3 Å². The normalized spacial score (nSPS) is 18.4. The Labute approximate surface area is 160 Å². The van der Waals surface area contributed by atoms with Gasteiger partial charge in [-0.3, -0.25) is 4.79 Å². The van der Waals surface area contributed by atoms with Crippen LogP contribution in [0.2, 0.25) is 0 Å². The molecular formula is C20H30N2O5. The number of methoxy groups -OCH3 is 1. The zero-order valence-corrected chi connectivity index (χ0v) is 16.7. The Morgan fingerprint density at radius 3 is 2.70 bits per heavy atom. The maximum Gasteiger partial charge on any atom is 0.407 e. The van der Waals surface area contributed by atoms with Crippen LogP contribution in [0.15, 0.2) is 18.2 Å². The van der Waals surface area contributed by atoms with Crippen LogP contribution < -0.4 is 10.1 Å². The fraction of sp³-hybridized carbons (Fsp3) is 0.600. The molecule has 0 aliphatic carbocycles. The van der Waals surface area contributed by atoms with Gasteiger partial charge < -0.3 is 24.8 Å². The van der Waals surface area contributed by atoms with Crippen LogP contribution in [0.1, 0.15) is 50.8 Å². The SMILES string of the molecule is COc1ccc(C(O)[C@@H]2CCC(=O)N2CCNC(=O)OC(C)(C)C)c(C)c1. The predicted molar refractivity (Wildman–Crippen MR) is 102 cm³/mol. The summed E-state index contributed by atoms with van der Waals surface area (Å²) in [5, 5.41) is 13.5. The summed E-state index contributed by atoms with van der Waals surface area (Å²) in [5.41, 5.74) is 1.12. The van der Waals surface area contributed by atoms with Crippen molar-refractivity contribution < 1.29 is 24.2 Å². The zero-order chi connectivity index (χ0) is 20.2. The molecule has 1 heterocycles. The summed E-state index contributed by atoms with van der Waals surface area (Å²) >= 11 is 0. The molecule has 0 radical (unpaired) electrons. The van der Waals surface area contributed by atoms with Crippen molar-refractivity contribution in [3.05, 3.63) is 29.3 Å². The topological polar surface area (TPSA) is 88.1 Å². The van der Waals surface area contributed by atoms with Crippen LogP contribution in [0.5, 0.6) is 5.75 Å². The minimum absolute atomic E-state index is 0.0174. The third-order valence-corrected chi connectivity index (χ3v) is 4.56. The van der Waals surface area contributed by atoms with E-state index in [-0.39, 0.29) is 18.5 Å². The number of aliphatic hydroxyl groups is 1. The Balaban J connectivity index is 2.00. The molecule has 1 aromatic carbocycles. The Morgan fingerprint density at radius 2 is 2.11 bits per heavy atom. The highest BCUT2D eigenvalue weighted by atomic mass is 16.6. The molecule has 0 bridgehead atoms. The molecule has 2 N–H and O–H groups in total. The summed E-state index contributed by atoms with van der Waals surface area (Å²) in [7, 11) is 1.60. The molecule has 1 saturated heterocycles. The summed E-state index contributed by atoms with van der Waals surface area (Å²) < 4.78 is 10.4. The van der Waals surface area contributed by atoms with E-state index in [1.165, 1.54) is 0 Å². The third kappa shape index (κ3) is 5.60. The van der Waals surface area contributed by atoms with E-state index >= 15 is 0 Å². The molecule has 1 aliphatic heterocycles. The van der Waals surface area contributed by atoms with Gasteiger partial charge in [-0.2, -0.15) is 0 Å². The molecule has 7 nitrogen and oxygen atoms in total. The maximum atomic E-state index is 12.3. The lowest BCUT2D eigenvalue weighted by Gasteiger charge is -2.30. The third-order valence-electron chi connectivity index (χ3n) is 4.56. The van der Waals surface area contributed by atoms with Crippen LogP contribution in [-0.2, 0) is 9.53 Å². The van der Waals surface area contributed by atoms with Gasteiger partial charge in [-0.25, -0.2) is 4.79 Å². The van der Waals surface area contributed by atoms with Crippen LogP contribution in [0, 0.1) is 6.92 Å². The number of hydrogen-bond acceptors (Lipinski definition) is 5. The molecule has 27 heavy (non-hydrogen) atoms. The van der Waals surface area contributed by atoms with Crippen molar-refractivity contribution in [2.45, 2.75) is 58.3 Å². The summed E-state index contributed by atoms with van der Waals surface area (Å²) in [6, 6.07) is 5.18. The molecule has 0 saturated carbocycles. The lowest BCUT2D eigenvalue weighted by molar-refractivity contribution is -0.130. The largest absolute Gasteiger partial charge is 0.497 e. The quantitative estimate of drug-likeness (QED) is 0.794. The van der Waals surface area contributed by atoms with Gasteiger partial charge in [-0.1, -0.05) is 6.07 Å². The van der Waals surface area contributed by atoms with Gasteiger partial charge in [0.1, 0.15) is 11.4 Å². The van der Waals surface area contributed by atoms with Crippen LogP contribution in [0.4, 0.5) is 4.79 Å². The van der Waals surface area contributed by atoms with Gasteiger partial charge in [0, 0.05) is 19.5 Å². The smallest absolute Gasteiger partial charge is 0.407 e. The van der Waals surface area contributed by atoms with Crippen molar-refractivity contribution in [3.8, 4) is 5.75 Å². The molecule has 0 spiro atoms. The van der Waals surface area contributed by atoms with E-state index in [4.69, 9.17) is 9.47 Å². The highest BCUT2D eigenvalue weighted by molar-refractivity contribution is 5.79. The maximum absolute atomic E-state index is 12.3. The lowest BCUT2D eigenvalue weighted by atomic mass is 9.96. The Kier molecular flexibility index (Phi) is 6.70. The molecule has 1 fully saturated rings. The highest BCUT2D eigenvalue weighted by Gasteiger charge is 2.36. The number of carbonyl (C=O) groups excluding carboxylic acids is 2. The number of nitrogens with zero attached hydrogens (tertiary/aromatic N) is 1. The van der Waals surface area contributed by atoms with Crippen molar-refractivity contribution in [1.82, 2.24) is 10.2 Å². The number of aliphatic hydroxyl groups excluding tert-OH is 1. The number of amides is 2. The first kappa shape index (κ1) is 21.0. The first-order valence-corrected chi connectivity index (χ1v) is 9.21. The minimum atomic E-state index is -0.788. The van der Waals surface area contributed by atoms with E-state index in [9.17, 15) is 14.7 Å². The number of carbonyl (C=O) groups is 2. The molecule has 1 aromatic rings. The van der Waals surface area contributed by atoms with Gasteiger partial charge >= 0.3 is 6.09 Å². The molecule has 0 aromatic heterocycles. The fourth-order valence-corrected chi connectivity index (χ4v) is 3.28. The zero-order valence-electron chi connectivity index (χ0n) is 16.7. The Bertz CT molecular complexity index is 683. The molecule has 150 valence electrons. The van der Waals surface area contributed by atoms with Crippen LogP contribution in [-0.4, -0.2) is 53.8 Å². The van der Waals surface area contributed by atoms with Gasteiger partial charge in [0.25, 0.3) is 0 Å². The monoisotopic (exact) mass is 378 g/mol. The summed E-state index contributed by atoms with van der Waals surface area (Å²) in [6.45, 7) is 7.88. The highest BCUT2D eigenvalue weighted by Crippen LogP contribution is 2.32. The molecule has 7 heteroatoms. The van der Waals surface area contributed by atoms with Crippen molar-refractivity contribution in [1.29, 1.82) is 0 Å². The van der Waals surface area contributed by atoms with Crippen molar-refractivity contribution in [2.24, 2.45) is 0 Å². The van der Waals surface area contributed by atoms with Gasteiger partial charge in [0.15, 0.2) is 0 Å². The molecular weight excluding hydrogens is 348 g/mol. The summed E-state index contributed by atoms with van der Waals surface area (Å²) in [6.07, 6.45) is -0.331. The lowest BCUT2D eigenvalue weighted by Crippen LogP contribution is -2.43. The van der Waals surface area contributed by atoms with Crippen molar-refractivity contribution >= 4 is 12.0 Å². The van der Waals surface area contributed by atoms with E-state index in [2.05, 4.69) is 5.32 Å². The second-order valence-electron chi connectivity index (χ2n) is 7.79. The van der Waals surface area contributed by atoms with Crippen LogP contribution >= 0.6 is 0 Å². The summed E-state index contributed by atoms with van der Waals surface area (Å²) in [4.78, 5) is 25.7. The number of alkyl carbamates (subject to hydrolysis) is 1. The van der Waals surface area contributed by atoms with Crippen LogP contribution in [0.3, 0.4) is 0 Å². The number of rotatable bonds is 6. The van der Waals surface area contributed by atoms with Gasteiger partial charge in [-0.05, 0) is 57.4 Å². The number of benzene rings is 1. The fourth-order valence-electron chi connectivity index (χ4n) is 3.28. The Morgan fingerprint density at radius 1 is 1.41 bits per heavy atom. The predicted octanol–water partition coefficient (Wildman–Crippen LogP) is 2.55. The van der Waals surface area contributed by atoms with Crippen LogP contribution in [0.25, 0.3) is 0 Å².